The van der Waals surface area contributed by atoms with Crippen LogP contribution in [0.15, 0.2) is 28.8 Å². The van der Waals surface area contributed by atoms with E-state index < -0.39 is 5.54 Å². The lowest BCUT2D eigenvalue weighted by Crippen LogP contribution is -2.52. The Balaban J connectivity index is 2.11. The molecular weight excluding hydrogens is 248 g/mol. The predicted molar refractivity (Wildman–Crippen MR) is 68.4 cm³/mol. The van der Waals surface area contributed by atoms with Crippen LogP contribution < -0.4 is 5.32 Å². The Bertz CT molecular complexity index is 575. The number of amides is 1. The normalized spacial score (nSPS) is 11.7. The molecule has 0 saturated carbocycles. The van der Waals surface area contributed by atoms with Crippen molar-refractivity contribution in [3.05, 3.63) is 30.0 Å². The largest absolute Gasteiger partial charge is 0.394 e. The summed E-state index contributed by atoms with van der Waals surface area (Å²) in [6, 6.07) is 7.26. The maximum absolute atomic E-state index is 11.9. The Morgan fingerprint density at radius 2 is 2.05 bits per heavy atom. The minimum atomic E-state index is -1.03. The van der Waals surface area contributed by atoms with Crippen LogP contribution in [-0.2, 0) is 11.2 Å². The highest BCUT2D eigenvalue weighted by Crippen LogP contribution is 2.18. The quantitative estimate of drug-likeness (QED) is 0.718. The number of aromatic nitrogens is 1. The van der Waals surface area contributed by atoms with E-state index in [1.54, 1.807) is 13.0 Å². The second kappa shape index (κ2) is 5.38. The van der Waals surface area contributed by atoms with E-state index >= 15 is 0 Å². The maximum atomic E-state index is 11.9. The molecule has 0 aliphatic carbocycles. The fourth-order valence-electron chi connectivity index (χ4n) is 1.73. The smallest absolute Gasteiger partial charge is 0.226 e. The standard InChI is InChI=1S/C13H16N2O4/c1-13(7-16,8-17)14-12(18)6-10-9-4-2-3-5-11(9)19-15-10/h2-5,16-17H,6-8H2,1H3,(H,14,18). The van der Waals surface area contributed by atoms with Crippen LogP contribution in [0.1, 0.15) is 12.6 Å². The topological polar surface area (TPSA) is 95.6 Å². The van der Waals surface area contributed by atoms with Crippen LogP contribution in [0.3, 0.4) is 0 Å². The van der Waals surface area contributed by atoms with Crippen LogP contribution in [0.5, 0.6) is 0 Å². The van der Waals surface area contributed by atoms with Crippen molar-refractivity contribution in [1.29, 1.82) is 0 Å². The number of carbonyl (C=O) groups is 1. The Kier molecular flexibility index (Phi) is 3.82. The third-order valence-electron chi connectivity index (χ3n) is 2.92. The van der Waals surface area contributed by atoms with Crippen molar-refractivity contribution in [2.75, 3.05) is 13.2 Å². The summed E-state index contributed by atoms with van der Waals surface area (Å²) in [4.78, 5) is 11.9. The van der Waals surface area contributed by atoms with Gasteiger partial charge in [0.2, 0.25) is 5.91 Å². The van der Waals surface area contributed by atoms with Crippen LogP contribution in [0.4, 0.5) is 0 Å². The van der Waals surface area contributed by atoms with E-state index in [4.69, 9.17) is 14.7 Å². The Morgan fingerprint density at radius 1 is 1.37 bits per heavy atom. The average Bonchev–Trinajstić information content (AvgIpc) is 2.82. The summed E-state index contributed by atoms with van der Waals surface area (Å²) in [6.45, 7) is 0.884. The number of para-hydroxylation sites is 1. The summed E-state index contributed by atoms with van der Waals surface area (Å²) in [5.41, 5.74) is 0.125. The lowest BCUT2D eigenvalue weighted by molar-refractivity contribution is -0.123. The van der Waals surface area contributed by atoms with Crippen molar-refractivity contribution in [2.24, 2.45) is 0 Å². The molecule has 19 heavy (non-hydrogen) atoms. The average molecular weight is 264 g/mol. The van der Waals surface area contributed by atoms with Crippen molar-refractivity contribution >= 4 is 16.9 Å². The molecule has 1 aromatic carbocycles. The molecule has 3 N–H and O–H groups in total. The number of rotatable bonds is 5. The van der Waals surface area contributed by atoms with Gasteiger partial charge in [0, 0.05) is 5.39 Å². The van der Waals surface area contributed by atoms with Crippen molar-refractivity contribution in [3.63, 3.8) is 0 Å². The van der Waals surface area contributed by atoms with Gasteiger partial charge in [-0.25, -0.2) is 0 Å². The zero-order chi connectivity index (χ0) is 13.9. The number of nitrogens with one attached hydrogen (secondary N) is 1. The molecule has 0 saturated heterocycles. The van der Waals surface area contributed by atoms with E-state index in [-0.39, 0.29) is 25.5 Å². The monoisotopic (exact) mass is 264 g/mol. The summed E-state index contributed by atoms with van der Waals surface area (Å²) >= 11 is 0. The minimum Gasteiger partial charge on any atom is -0.394 e. The molecular formula is C13H16N2O4. The van der Waals surface area contributed by atoms with E-state index in [0.29, 0.717) is 11.3 Å². The van der Waals surface area contributed by atoms with Crippen molar-refractivity contribution < 1.29 is 19.5 Å². The lowest BCUT2D eigenvalue weighted by Gasteiger charge is -2.25. The third-order valence-corrected chi connectivity index (χ3v) is 2.92. The minimum absolute atomic E-state index is 0.0343. The van der Waals surface area contributed by atoms with Gasteiger partial charge in [0.05, 0.1) is 25.2 Å². The van der Waals surface area contributed by atoms with Crippen LogP contribution in [-0.4, -0.2) is 40.0 Å². The first kappa shape index (κ1) is 13.5. The molecule has 0 unspecified atom stereocenters. The second-order valence-corrected chi connectivity index (χ2v) is 4.73. The molecule has 6 heteroatoms. The highest BCUT2D eigenvalue weighted by molar-refractivity contribution is 5.86. The number of fused-ring (bicyclic) bond motifs is 1. The number of hydrogen-bond acceptors (Lipinski definition) is 5. The highest BCUT2D eigenvalue weighted by Gasteiger charge is 2.25. The summed E-state index contributed by atoms with van der Waals surface area (Å²) in [5, 5.41) is 25.5. The van der Waals surface area contributed by atoms with Gasteiger partial charge in [-0.15, -0.1) is 0 Å². The summed E-state index contributed by atoms with van der Waals surface area (Å²) in [7, 11) is 0. The molecule has 0 fully saturated rings. The van der Waals surface area contributed by atoms with Gasteiger partial charge in [-0.1, -0.05) is 17.3 Å². The SMILES string of the molecule is CC(CO)(CO)NC(=O)Cc1noc2ccccc12. The summed E-state index contributed by atoms with van der Waals surface area (Å²) in [6.07, 6.45) is 0.0343. The molecule has 0 atom stereocenters. The molecule has 0 radical (unpaired) electrons. The molecule has 2 aromatic rings. The summed E-state index contributed by atoms with van der Waals surface area (Å²) in [5.74, 6) is -0.329. The molecule has 0 aliphatic heterocycles. The number of hydrogen-bond donors (Lipinski definition) is 3. The van der Waals surface area contributed by atoms with Crippen molar-refractivity contribution in [2.45, 2.75) is 18.9 Å². The zero-order valence-corrected chi connectivity index (χ0v) is 10.6. The Morgan fingerprint density at radius 3 is 2.74 bits per heavy atom. The van der Waals surface area contributed by atoms with Gasteiger partial charge in [-0.2, -0.15) is 0 Å². The summed E-state index contributed by atoms with van der Waals surface area (Å²) < 4.78 is 5.10. The van der Waals surface area contributed by atoms with Gasteiger partial charge >= 0.3 is 0 Å². The van der Waals surface area contributed by atoms with Crippen molar-refractivity contribution in [3.8, 4) is 0 Å². The molecule has 6 nitrogen and oxygen atoms in total. The molecule has 1 aromatic heterocycles. The second-order valence-electron chi connectivity index (χ2n) is 4.73. The van der Waals surface area contributed by atoms with E-state index in [2.05, 4.69) is 10.5 Å². The number of benzene rings is 1. The van der Waals surface area contributed by atoms with E-state index in [9.17, 15) is 4.79 Å². The molecule has 0 aliphatic rings. The van der Waals surface area contributed by atoms with E-state index in [1.165, 1.54) is 0 Å². The van der Waals surface area contributed by atoms with Gasteiger partial charge in [0.15, 0.2) is 5.58 Å². The van der Waals surface area contributed by atoms with Crippen LogP contribution >= 0.6 is 0 Å². The van der Waals surface area contributed by atoms with E-state index in [1.807, 2.05) is 18.2 Å². The predicted octanol–water partition coefficient (Wildman–Crippen LogP) is 0.230. The molecule has 1 heterocycles. The van der Waals surface area contributed by atoms with Crippen LogP contribution in [0.25, 0.3) is 11.0 Å². The van der Waals surface area contributed by atoms with Crippen molar-refractivity contribution in [1.82, 2.24) is 10.5 Å². The van der Waals surface area contributed by atoms with Gasteiger partial charge in [0.1, 0.15) is 5.69 Å². The van der Waals surface area contributed by atoms with Crippen LogP contribution in [0, 0.1) is 0 Å². The van der Waals surface area contributed by atoms with Crippen LogP contribution in [0.2, 0.25) is 0 Å². The number of aliphatic hydroxyl groups is 2. The molecule has 0 bridgehead atoms. The zero-order valence-electron chi connectivity index (χ0n) is 10.6. The first-order valence-corrected chi connectivity index (χ1v) is 5.94. The Hall–Kier alpha value is -1.92. The number of aliphatic hydroxyl groups excluding tert-OH is 2. The lowest BCUT2D eigenvalue weighted by atomic mass is 10.0. The van der Waals surface area contributed by atoms with Gasteiger partial charge in [0.25, 0.3) is 0 Å². The fourth-order valence-corrected chi connectivity index (χ4v) is 1.73. The highest BCUT2D eigenvalue weighted by atomic mass is 16.5. The number of carbonyl (C=O) groups excluding carboxylic acids is 1. The van der Waals surface area contributed by atoms with Gasteiger partial charge in [-0.3, -0.25) is 4.79 Å². The molecule has 0 spiro atoms. The van der Waals surface area contributed by atoms with E-state index in [0.717, 1.165) is 5.39 Å². The molecule has 2 rings (SSSR count). The first-order chi connectivity index (χ1) is 9.08. The Labute approximate surface area is 110 Å². The first-order valence-electron chi connectivity index (χ1n) is 5.94. The maximum Gasteiger partial charge on any atom is 0.226 e. The van der Waals surface area contributed by atoms with Gasteiger partial charge in [-0.05, 0) is 19.1 Å². The number of nitrogens with zero attached hydrogens (tertiary/aromatic N) is 1. The molecule has 1 amide bonds. The van der Waals surface area contributed by atoms with Gasteiger partial charge < -0.3 is 20.1 Å². The fraction of sp³-hybridized carbons (Fsp3) is 0.385. The third kappa shape index (κ3) is 2.91. The molecule has 102 valence electrons.